The third kappa shape index (κ3) is 3.67. The number of imidazole rings is 1. The minimum Gasteiger partial charge on any atom is -0.338 e. The molecule has 1 fully saturated rings. The molecule has 28 heavy (non-hydrogen) atoms. The molecule has 1 aromatic heterocycles. The van der Waals surface area contributed by atoms with Gasteiger partial charge in [0.1, 0.15) is 0 Å². The van der Waals surface area contributed by atoms with Gasteiger partial charge in [0, 0.05) is 32.1 Å². The Bertz CT molecular complexity index is 1010. The highest BCUT2D eigenvalue weighted by molar-refractivity contribution is 6.03. The molecule has 2 heterocycles. The molecule has 0 unspecified atom stereocenters. The summed E-state index contributed by atoms with van der Waals surface area (Å²) < 4.78 is 1.86. The topological polar surface area (TPSA) is 67.2 Å². The Morgan fingerprint density at radius 3 is 2.71 bits per heavy atom. The maximum Gasteiger partial charge on any atom is 0.257 e. The van der Waals surface area contributed by atoms with E-state index in [1.165, 1.54) is 0 Å². The van der Waals surface area contributed by atoms with Crippen molar-refractivity contribution in [1.29, 1.82) is 0 Å². The van der Waals surface area contributed by atoms with Crippen LogP contribution in [0.15, 0.2) is 60.8 Å². The van der Waals surface area contributed by atoms with Gasteiger partial charge in [0.25, 0.3) is 5.91 Å². The lowest BCUT2D eigenvalue weighted by Crippen LogP contribution is -2.24. The van der Waals surface area contributed by atoms with E-state index in [0.29, 0.717) is 24.5 Å². The zero-order valence-corrected chi connectivity index (χ0v) is 15.8. The van der Waals surface area contributed by atoms with Gasteiger partial charge < -0.3 is 9.47 Å². The van der Waals surface area contributed by atoms with Crippen molar-refractivity contribution in [3.05, 3.63) is 71.9 Å². The Hall–Kier alpha value is -3.41. The summed E-state index contributed by atoms with van der Waals surface area (Å²) in [5.74, 6) is 0.447. The fourth-order valence-electron chi connectivity index (χ4n) is 3.48. The van der Waals surface area contributed by atoms with Gasteiger partial charge in [0.15, 0.2) is 0 Å². The van der Waals surface area contributed by atoms with Crippen molar-refractivity contribution in [3.63, 3.8) is 0 Å². The summed E-state index contributed by atoms with van der Waals surface area (Å²) >= 11 is 0. The molecule has 2 aromatic carbocycles. The van der Waals surface area contributed by atoms with E-state index in [2.05, 4.69) is 10.3 Å². The fraction of sp³-hybridized carbons (Fsp3) is 0.227. The van der Waals surface area contributed by atoms with E-state index in [4.69, 9.17) is 0 Å². The maximum atomic E-state index is 12.7. The molecule has 142 valence electrons. The zero-order chi connectivity index (χ0) is 19.5. The largest absolute Gasteiger partial charge is 0.338 e. The van der Waals surface area contributed by atoms with Crippen molar-refractivity contribution in [2.45, 2.75) is 19.4 Å². The first-order valence-corrected chi connectivity index (χ1v) is 9.37. The average molecular weight is 374 g/mol. The van der Waals surface area contributed by atoms with E-state index in [1.807, 2.05) is 65.0 Å². The first kappa shape index (κ1) is 18.0. The number of aromatic nitrogens is 2. The number of amides is 2. The lowest BCUT2D eigenvalue weighted by molar-refractivity contribution is -0.128. The van der Waals surface area contributed by atoms with Crippen LogP contribution in [0.4, 0.5) is 5.95 Å². The lowest BCUT2D eigenvalue weighted by Gasteiger charge is -2.16. The van der Waals surface area contributed by atoms with Crippen molar-refractivity contribution in [2.24, 2.45) is 7.05 Å². The van der Waals surface area contributed by atoms with E-state index in [9.17, 15) is 9.59 Å². The molecule has 0 radical (unpaired) electrons. The highest BCUT2D eigenvalue weighted by Gasteiger charge is 2.20. The monoisotopic (exact) mass is 374 g/mol. The summed E-state index contributed by atoms with van der Waals surface area (Å²) in [5, 5.41) is 2.88. The number of anilines is 1. The standard InChI is InChI=1S/C22H22N4O2/c1-25-19(17-8-3-2-4-9-17)14-23-22(25)24-21(28)18-10-5-7-16(13-18)15-26-12-6-11-20(26)27/h2-5,7-10,13-14H,6,11-12,15H2,1H3,(H,23,24,28). The molecule has 4 rings (SSSR count). The molecule has 0 aliphatic carbocycles. The second kappa shape index (κ2) is 7.68. The fourth-order valence-corrected chi connectivity index (χ4v) is 3.48. The second-order valence-corrected chi connectivity index (χ2v) is 6.97. The molecule has 0 saturated carbocycles. The Labute approximate surface area is 163 Å². The van der Waals surface area contributed by atoms with Gasteiger partial charge in [-0.05, 0) is 29.7 Å². The highest BCUT2D eigenvalue weighted by atomic mass is 16.2. The third-order valence-electron chi connectivity index (χ3n) is 5.02. The Morgan fingerprint density at radius 1 is 1.14 bits per heavy atom. The van der Waals surface area contributed by atoms with E-state index >= 15 is 0 Å². The van der Waals surface area contributed by atoms with Crippen LogP contribution in [-0.2, 0) is 18.4 Å². The predicted octanol–water partition coefficient (Wildman–Crippen LogP) is 3.46. The number of carbonyl (C=O) groups excluding carboxylic acids is 2. The summed E-state index contributed by atoms with van der Waals surface area (Å²) in [4.78, 5) is 30.7. The number of rotatable bonds is 5. The van der Waals surface area contributed by atoms with Gasteiger partial charge in [-0.25, -0.2) is 4.98 Å². The Balaban J connectivity index is 1.49. The molecule has 1 aliphatic heterocycles. The molecule has 3 aromatic rings. The van der Waals surface area contributed by atoms with E-state index in [0.717, 1.165) is 29.8 Å². The summed E-state index contributed by atoms with van der Waals surface area (Å²) in [6, 6.07) is 17.3. The molecular formula is C22H22N4O2. The van der Waals surface area contributed by atoms with Crippen molar-refractivity contribution in [3.8, 4) is 11.3 Å². The van der Waals surface area contributed by atoms with E-state index < -0.39 is 0 Å². The number of carbonyl (C=O) groups is 2. The molecule has 1 N–H and O–H groups in total. The number of benzene rings is 2. The molecule has 0 bridgehead atoms. The molecule has 0 atom stereocenters. The van der Waals surface area contributed by atoms with Gasteiger partial charge in [-0.15, -0.1) is 0 Å². The molecule has 0 spiro atoms. The molecular weight excluding hydrogens is 352 g/mol. The summed E-state index contributed by atoms with van der Waals surface area (Å²) in [5.41, 5.74) is 3.47. The first-order chi connectivity index (χ1) is 13.6. The van der Waals surface area contributed by atoms with E-state index in [1.54, 1.807) is 12.3 Å². The lowest BCUT2D eigenvalue weighted by atomic mass is 10.1. The van der Waals surface area contributed by atoms with Crippen molar-refractivity contribution >= 4 is 17.8 Å². The molecule has 1 saturated heterocycles. The van der Waals surface area contributed by atoms with Gasteiger partial charge in [-0.2, -0.15) is 0 Å². The van der Waals surface area contributed by atoms with Crippen LogP contribution in [0.3, 0.4) is 0 Å². The van der Waals surface area contributed by atoms with Crippen LogP contribution in [0, 0.1) is 0 Å². The Morgan fingerprint density at radius 2 is 1.96 bits per heavy atom. The minimum atomic E-state index is -0.220. The number of hydrogen-bond acceptors (Lipinski definition) is 3. The van der Waals surface area contributed by atoms with Crippen molar-refractivity contribution < 1.29 is 9.59 Å². The molecule has 6 nitrogen and oxygen atoms in total. The summed E-state index contributed by atoms with van der Waals surface area (Å²) in [6.45, 7) is 1.32. The first-order valence-electron chi connectivity index (χ1n) is 9.37. The SMILES string of the molecule is Cn1c(-c2ccccc2)cnc1NC(=O)c1cccc(CN2CCCC2=O)c1. The van der Waals surface area contributed by atoms with Crippen LogP contribution in [-0.4, -0.2) is 32.8 Å². The average Bonchev–Trinajstić information content (AvgIpc) is 3.28. The molecule has 2 amide bonds. The van der Waals surface area contributed by atoms with Crippen LogP contribution in [0.1, 0.15) is 28.8 Å². The van der Waals surface area contributed by atoms with Gasteiger partial charge in [0.2, 0.25) is 11.9 Å². The van der Waals surface area contributed by atoms with Gasteiger partial charge in [-0.3, -0.25) is 14.9 Å². The molecule has 6 heteroatoms. The maximum absolute atomic E-state index is 12.7. The smallest absolute Gasteiger partial charge is 0.257 e. The van der Waals surface area contributed by atoms with Gasteiger partial charge in [-0.1, -0.05) is 42.5 Å². The third-order valence-corrected chi connectivity index (χ3v) is 5.02. The van der Waals surface area contributed by atoms with E-state index in [-0.39, 0.29) is 11.8 Å². The summed E-state index contributed by atoms with van der Waals surface area (Å²) in [6.07, 6.45) is 3.27. The zero-order valence-electron chi connectivity index (χ0n) is 15.8. The highest BCUT2D eigenvalue weighted by Crippen LogP contribution is 2.22. The van der Waals surface area contributed by atoms with Crippen LogP contribution in [0.2, 0.25) is 0 Å². The summed E-state index contributed by atoms with van der Waals surface area (Å²) in [7, 11) is 1.88. The quantitative estimate of drug-likeness (QED) is 0.744. The van der Waals surface area contributed by atoms with Crippen LogP contribution in [0.25, 0.3) is 11.3 Å². The van der Waals surface area contributed by atoms with Gasteiger partial charge in [0.05, 0.1) is 11.9 Å². The minimum absolute atomic E-state index is 0.177. The van der Waals surface area contributed by atoms with Crippen LogP contribution >= 0.6 is 0 Å². The second-order valence-electron chi connectivity index (χ2n) is 6.97. The van der Waals surface area contributed by atoms with Crippen LogP contribution < -0.4 is 5.32 Å². The Kier molecular flexibility index (Phi) is 4.93. The predicted molar refractivity (Wildman–Crippen MR) is 108 cm³/mol. The van der Waals surface area contributed by atoms with Gasteiger partial charge >= 0.3 is 0 Å². The number of nitrogens with zero attached hydrogens (tertiary/aromatic N) is 3. The van der Waals surface area contributed by atoms with Crippen molar-refractivity contribution in [2.75, 3.05) is 11.9 Å². The number of likely N-dealkylation sites (tertiary alicyclic amines) is 1. The van der Waals surface area contributed by atoms with Crippen LogP contribution in [0.5, 0.6) is 0 Å². The number of hydrogen-bond donors (Lipinski definition) is 1. The normalized spacial score (nSPS) is 13.8. The molecule has 1 aliphatic rings. The number of nitrogens with one attached hydrogen (secondary N) is 1. The van der Waals surface area contributed by atoms with Crippen molar-refractivity contribution in [1.82, 2.24) is 14.5 Å².